The lowest BCUT2D eigenvalue weighted by Gasteiger charge is -2.16. The molecule has 1 unspecified atom stereocenters. The normalized spacial score (nSPS) is 12.7. The molecule has 10 heteroatoms. The van der Waals surface area contributed by atoms with Gasteiger partial charge in [0.1, 0.15) is 0 Å². The van der Waals surface area contributed by atoms with Crippen LogP contribution in [0.15, 0.2) is 64.6 Å². The van der Waals surface area contributed by atoms with Crippen LogP contribution in [0.3, 0.4) is 0 Å². The van der Waals surface area contributed by atoms with Crippen molar-refractivity contribution in [3.8, 4) is 0 Å². The highest BCUT2D eigenvalue weighted by Gasteiger charge is 2.29. The maximum atomic E-state index is 13.0. The van der Waals surface area contributed by atoms with E-state index in [0.717, 1.165) is 11.1 Å². The Morgan fingerprint density at radius 3 is 2.48 bits per heavy atom. The Morgan fingerprint density at radius 2 is 1.90 bits per heavy atom. The van der Waals surface area contributed by atoms with Crippen molar-refractivity contribution in [3.63, 3.8) is 0 Å². The number of carbonyl (C=O) groups excluding carboxylic acids is 1. The lowest BCUT2D eigenvalue weighted by atomic mass is 9.88. The number of nitrogens with zero attached hydrogens (tertiary/aromatic N) is 1. The molecule has 0 amide bonds. The molecule has 1 aromatic heterocycles. The molecule has 0 bridgehead atoms. The fraction of sp³-hybridized carbons (Fsp3) is 0.158. The van der Waals surface area contributed by atoms with Gasteiger partial charge in [-0.15, -0.1) is 20.8 Å². The van der Waals surface area contributed by atoms with Crippen LogP contribution in [0.5, 0.6) is 0 Å². The summed E-state index contributed by atoms with van der Waals surface area (Å²) in [5, 5.41) is 2.18. The number of thiazole rings is 1. The molecular weight excluding hydrogens is 487 g/mol. The standard InChI is InChI=1S/C19H15BrF2NO4PS/c20-17-11-13(6-7-15(17)12-28(25,26-21)27-22)10-16(14-4-2-1-3-5-14)18(24)19-23-8-9-29-19/h1-9,11,16H,10,12H2. The van der Waals surface area contributed by atoms with Crippen molar-refractivity contribution >= 4 is 40.6 Å². The summed E-state index contributed by atoms with van der Waals surface area (Å²) in [5.74, 6) is -0.540. The van der Waals surface area contributed by atoms with Crippen molar-refractivity contribution < 1.29 is 27.9 Å². The van der Waals surface area contributed by atoms with Crippen LogP contribution >= 0.6 is 34.9 Å². The van der Waals surface area contributed by atoms with Gasteiger partial charge in [0.25, 0.3) is 0 Å². The highest BCUT2D eigenvalue weighted by molar-refractivity contribution is 9.10. The second kappa shape index (κ2) is 9.82. The van der Waals surface area contributed by atoms with E-state index in [-0.39, 0.29) is 5.78 Å². The van der Waals surface area contributed by atoms with Gasteiger partial charge >= 0.3 is 7.60 Å². The van der Waals surface area contributed by atoms with Crippen LogP contribution in [0.4, 0.5) is 9.05 Å². The monoisotopic (exact) mass is 501 g/mol. The molecule has 0 spiro atoms. The number of hydrogen-bond acceptors (Lipinski definition) is 6. The minimum absolute atomic E-state index is 0.0902. The molecule has 0 radical (unpaired) electrons. The number of carbonyl (C=O) groups is 1. The zero-order valence-corrected chi connectivity index (χ0v) is 18.1. The van der Waals surface area contributed by atoms with Gasteiger partial charge < -0.3 is 0 Å². The molecule has 3 rings (SSSR count). The van der Waals surface area contributed by atoms with Crippen LogP contribution in [0.2, 0.25) is 0 Å². The van der Waals surface area contributed by atoms with Gasteiger partial charge in [0.05, 0.1) is 12.1 Å². The van der Waals surface area contributed by atoms with Crippen molar-refractivity contribution in [3.05, 3.63) is 86.3 Å². The lowest BCUT2D eigenvalue weighted by molar-refractivity contribution is -0.0881. The molecule has 0 saturated heterocycles. The molecule has 0 aliphatic heterocycles. The van der Waals surface area contributed by atoms with E-state index < -0.39 is 19.7 Å². The summed E-state index contributed by atoms with van der Waals surface area (Å²) in [7, 11) is -4.49. The summed E-state index contributed by atoms with van der Waals surface area (Å²) in [4.78, 5) is 17.1. The molecule has 0 aliphatic rings. The summed E-state index contributed by atoms with van der Waals surface area (Å²) in [6.07, 6.45) is 1.39. The van der Waals surface area contributed by atoms with Crippen molar-refractivity contribution in [2.45, 2.75) is 18.5 Å². The maximum Gasteiger partial charge on any atom is 0.399 e. The quantitative estimate of drug-likeness (QED) is 0.243. The van der Waals surface area contributed by atoms with Gasteiger partial charge in [0, 0.05) is 16.0 Å². The zero-order chi connectivity index (χ0) is 20.9. The third-order valence-electron chi connectivity index (χ3n) is 4.29. The first kappa shape index (κ1) is 21.9. The molecule has 0 fully saturated rings. The summed E-state index contributed by atoms with van der Waals surface area (Å²) < 4.78 is 43.1. The molecule has 0 N–H and O–H groups in total. The van der Waals surface area contributed by atoms with Crippen LogP contribution in [0, 0.1) is 0 Å². The SMILES string of the molecule is O=C(c1nccs1)C(Cc1ccc(CP(=O)(OF)OF)c(Br)c1)c1ccccc1. The number of benzene rings is 2. The van der Waals surface area contributed by atoms with Crippen molar-refractivity contribution in [1.29, 1.82) is 0 Å². The van der Waals surface area contributed by atoms with Crippen molar-refractivity contribution in [2.24, 2.45) is 0 Å². The molecule has 29 heavy (non-hydrogen) atoms. The predicted octanol–water partition coefficient (Wildman–Crippen LogP) is 6.61. The van der Waals surface area contributed by atoms with Crippen LogP contribution in [0.25, 0.3) is 0 Å². The topological polar surface area (TPSA) is 65.5 Å². The fourth-order valence-corrected chi connectivity index (χ4v) is 5.12. The van der Waals surface area contributed by atoms with Crippen LogP contribution < -0.4 is 0 Å². The molecule has 0 aliphatic carbocycles. The van der Waals surface area contributed by atoms with Crippen molar-refractivity contribution in [2.75, 3.05) is 0 Å². The lowest BCUT2D eigenvalue weighted by Crippen LogP contribution is -2.15. The number of halogens is 3. The van der Waals surface area contributed by atoms with E-state index in [9.17, 15) is 18.4 Å². The minimum atomic E-state index is -4.49. The molecule has 0 saturated carbocycles. The van der Waals surface area contributed by atoms with E-state index in [0.29, 0.717) is 21.5 Å². The average Bonchev–Trinajstić information content (AvgIpc) is 3.29. The molecule has 2 aromatic carbocycles. The molecule has 1 atom stereocenters. The first-order valence-electron chi connectivity index (χ1n) is 8.41. The van der Waals surface area contributed by atoms with Gasteiger partial charge in [-0.3, -0.25) is 9.36 Å². The van der Waals surface area contributed by atoms with Gasteiger partial charge in [-0.25, -0.2) is 4.98 Å². The number of rotatable bonds is 9. The number of ketones is 1. The average molecular weight is 502 g/mol. The maximum absolute atomic E-state index is 13.0. The Labute approximate surface area is 178 Å². The smallest absolute Gasteiger partial charge is 0.291 e. The first-order chi connectivity index (χ1) is 14.0. The van der Waals surface area contributed by atoms with Gasteiger partial charge in [0.15, 0.2) is 10.8 Å². The van der Waals surface area contributed by atoms with E-state index in [2.05, 4.69) is 30.4 Å². The van der Waals surface area contributed by atoms with E-state index >= 15 is 0 Å². The van der Waals surface area contributed by atoms with E-state index in [1.165, 1.54) is 11.3 Å². The van der Waals surface area contributed by atoms with E-state index in [4.69, 9.17) is 0 Å². The predicted molar refractivity (Wildman–Crippen MR) is 109 cm³/mol. The third kappa shape index (κ3) is 5.43. The second-order valence-corrected chi connectivity index (χ2v) is 9.76. The van der Waals surface area contributed by atoms with Gasteiger partial charge in [-0.1, -0.05) is 58.4 Å². The van der Waals surface area contributed by atoms with Crippen LogP contribution in [-0.4, -0.2) is 10.8 Å². The van der Waals surface area contributed by atoms with Gasteiger partial charge in [-0.05, 0) is 38.2 Å². The van der Waals surface area contributed by atoms with E-state index in [1.54, 1.807) is 29.8 Å². The number of hydrogen-bond donors (Lipinski definition) is 0. The Morgan fingerprint density at radius 1 is 1.17 bits per heavy atom. The van der Waals surface area contributed by atoms with E-state index in [1.807, 2.05) is 30.3 Å². The summed E-state index contributed by atoms with van der Waals surface area (Å²) >= 11 is 4.59. The largest absolute Gasteiger partial charge is 0.399 e. The highest BCUT2D eigenvalue weighted by Crippen LogP contribution is 2.53. The van der Waals surface area contributed by atoms with Gasteiger partial charge in [0.2, 0.25) is 0 Å². The molecule has 5 nitrogen and oxygen atoms in total. The summed E-state index contributed by atoms with van der Waals surface area (Å²) in [6, 6.07) is 14.3. The first-order valence-corrected chi connectivity index (χ1v) is 11.8. The molecular formula is C19H15BrF2NO4PS. The Balaban J connectivity index is 1.87. The molecule has 1 heterocycles. The Kier molecular flexibility index (Phi) is 7.43. The van der Waals surface area contributed by atoms with Crippen LogP contribution in [-0.2, 0) is 26.6 Å². The second-order valence-electron chi connectivity index (χ2n) is 6.20. The molecule has 152 valence electrons. The molecule has 3 aromatic rings. The number of aromatic nitrogens is 1. The Bertz CT molecular complexity index is 1010. The summed E-state index contributed by atoms with van der Waals surface area (Å²) in [5.41, 5.74) is 2.00. The zero-order valence-electron chi connectivity index (χ0n) is 14.8. The van der Waals surface area contributed by atoms with Crippen molar-refractivity contribution in [1.82, 2.24) is 4.98 Å². The fourth-order valence-electron chi connectivity index (χ4n) is 2.89. The summed E-state index contributed by atoms with van der Waals surface area (Å²) in [6.45, 7) is 0. The minimum Gasteiger partial charge on any atom is -0.291 e. The highest BCUT2D eigenvalue weighted by atomic mass is 79.9. The number of Topliss-reactive ketones (excluding diaryl/α,β-unsaturated/α-hetero) is 1. The van der Waals surface area contributed by atoms with Crippen LogP contribution in [0.1, 0.15) is 32.4 Å². The Hall–Kier alpha value is -1.77. The third-order valence-corrected chi connectivity index (χ3v) is 6.97. The van der Waals surface area contributed by atoms with Gasteiger partial charge in [-0.2, -0.15) is 0 Å².